The Kier molecular flexibility index (Phi) is 6.66. The maximum Gasteiger partial charge on any atom is 0.264 e. The predicted octanol–water partition coefficient (Wildman–Crippen LogP) is 4.21. The van der Waals surface area contributed by atoms with Gasteiger partial charge in [-0.3, -0.25) is 4.79 Å². The van der Waals surface area contributed by atoms with Gasteiger partial charge in [0.05, 0.1) is 5.69 Å². The summed E-state index contributed by atoms with van der Waals surface area (Å²) < 4.78 is 20.3. The van der Waals surface area contributed by atoms with Gasteiger partial charge in [0.1, 0.15) is 11.6 Å². The van der Waals surface area contributed by atoms with Crippen LogP contribution in [0.1, 0.15) is 34.2 Å². The van der Waals surface area contributed by atoms with Crippen LogP contribution in [0.3, 0.4) is 0 Å². The van der Waals surface area contributed by atoms with Crippen LogP contribution in [0.25, 0.3) is 0 Å². The molecule has 1 heterocycles. The molecule has 0 saturated carbocycles. The van der Waals surface area contributed by atoms with Gasteiger partial charge in [0.15, 0.2) is 6.61 Å². The third-order valence-electron chi connectivity index (χ3n) is 5.71. The number of ether oxygens (including phenoxy) is 1. The average Bonchev–Trinajstić information content (AvgIpc) is 3.20. The molecule has 1 amide bonds. The molecule has 30 heavy (non-hydrogen) atoms. The molecule has 1 fully saturated rings. The zero-order chi connectivity index (χ0) is 21.9. The standard InChI is InChI=1S/C24H32FN3O2.H2/c1-24(2,3)17-6-9-20(10-7-17)30-16-23(29)27(5)19-8-11-22(21(25)14-19)28-13-12-18(15-28)26-4;/h6-11,14,18,26H,12-13,15-16H2,1-5H3;1H. The van der Waals surface area contributed by atoms with E-state index in [9.17, 15) is 9.18 Å². The van der Waals surface area contributed by atoms with Gasteiger partial charge in [-0.1, -0.05) is 32.9 Å². The van der Waals surface area contributed by atoms with Crippen LogP contribution in [0.4, 0.5) is 15.8 Å². The molecule has 0 aliphatic carbocycles. The van der Waals surface area contributed by atoms with E-state index in [1.54, 1.807) is 19.2 Å². The number of carbonyl (C=O) groups excluding carboxylic acids is 1. The van der Waals surface area contributed by atoms with Gasteiger partial charge in [-0.05, 0) is 54.8 Å². The smallest absolute Gasteiger partial charge is 0.264 e. The third kappa shape index (κ3) is 5.11. The first-order chi connectivity index (χ1) is 14.2. The zero-order valence-electron chi connectivity index (χ0n) is 18.5. The van der Waals surface area contributed by atoms with Gasteiger partial charge in [0, 0.05) is 33.3 Å². The van der Waals surface area contributed by atoms with Crippen LogP contribution < -0.4 is 19.9 Å². The summed E-state index contributed by atoms with van der Waals surface area (Å²) in [7, 11) is 3.56. The van der Waals surface area contributed by atoms with E-state index in [0.717, 1.165) is 19.5 Å². The van der Waals surface area contributed by atoms with Crippen molar-refractivity contribution in [3.8, 4) is 5.75 Å². The maximum absolute atomic E-state index is 14.7. The molecular weight excluding hydrogens is 381 g/mol. The highest BCUT2D eigenvalue weighted by molar-refractivity contribution is 5.94. The van der Waals surface area contributed by atoms with Crippen molar-refractivity contribution < 1.29 is 15.3 Å². The van der Waals surface area contributed by atoms with Gasteiger partial charge >= 0.3 is 0 Å². The number of carbonyl (C=O) groups is 1. The maximum atomic E-state index is 14.7. The SMILES string of the molecule is CNC1CCN(c2ccc(N(C)C(=O)COc3ccc(C(C)(C)C)cc3)cc2F)C1.[HH]. The largest absolute Gasteiger partial charge is 0.484 e. The summed E-state index contributed by atoms with van der Waals surface area (Å²) in [5.41, 5.74) is 2.35. The fourth-order valence-electron chi connectivity index (χ4n) is 3.61. The molecule has 1 atom stereocenters. The zero-order valence-corrected chi connectivity index (χ0v) is 18.5. The number of benzene rings is 2. The molecular formula is C24H34FN3O2. The normalized spacial score (nSPS) is 16.6. The van der Waals surface area contributed by atoms with E-state index in [1.807, 2.05) is 36.2 Å². The topological polar surface area (TPSA) is 44.8 Å². The van der Waals surface area contributed by atoms with E-state index in [1.165, 1.54) is 16.5 Å². The van der Waals surface area contributed by atoms with Gasteiger partial charge in [0.2, 0.25) is 0 Å². The molecule has 2 aromatic rings. The number of likely N-dealkylation sites (N-methyl/N-ethyl adjacent to an activating group) is 2. The average molecular weight is 416 g/mol. The molecule has 0 aromatic heterocycles. The van der Waals surface area contributed by atoms with Crippen LogP contribution in [0.2, 0.25) is 0 Å². The van der Waals surface area contributed by atoms with Crippen LogP contribution in [0, 0.1) is 5.82 Å². The number of hydrogen-bond acceptors (Lipinski definition) is 4. The van der Waals surface area contributed by atoms with Crippen molar-refractivity contribution in [2.75, 3.05) is 43.6 Å². The summed E-state index contributed by atoms with van der Waals surface area (Å²) >= 11 is 0. The number of anilines is 2. The van der Waals surface area contributed by atoms with Crippen molar-refractivity contribution in [2.45, 2.75) is 38.6 Å². The van der Waals surface area contributed by atoms with Crippen LogP contribution in [-0.4, -0.2) is 45.7 Å². The molecule has 1 N–H and O–H groups in total. The van der Waals surface area contributed by atoms with Crippen LogP contribution >= 0.6 is 0 Å². The van der Waals surface area contributed by atoms with E-state index in [2.05, 4.69) is 26.1 Å². The Morgan fingerprint density at radius 1 is 1.27 bits per heavy atom. The quantitative estimate of drug-likeness (QED) is 0.768. The molecule has 0 radical (unpaired) electrons. The Hall–Kier alpha value is -2.60. The lowest BCUT2D eigenvalue weighted by Gasteiger charge is -2.22. The highest BCUT2D eigenvalue weighted by atomic mass is 19.1. The number of halogens is 1. The summed E-state index contributed by atoms with van der Waals surface area (Å²) in [6.45, 7) is 7.93. The van der Waals surface area contributed by atoms with Gasteiger partial charge in [0.25, 0.3) is 5.91 Å². The van der Waals surface area contributed by atoms with E-state index >= 15 is 0 Å². The molecule has 1 aliphatic rings. The summed E-state index contributed by atoms with van der Waals surface area (Å²) in [5.74, 6) is 0.0838. The number of amides is 1. The lowest BCUT2D eigenvalue weighted by atomic mass is 9.87. The molecule has 6 heteroatoms. The summed E-state index contributed by atoms with van der Waals surface area (Å²) in [6.07, 6.45) is 0.990. The second-order valence-corrected chi connectivity index (χ2v) is 8.87. The number of rotatable bonds is 6. The molecule has 2 aromatic carbocycles. The molecule has 1 unspecified atom stereocenters. The Morgan fingerprint density at radius 2 is 1.97 bits per heavy atom. The molecule has 0 spiro atoms. The monoisotopic (exact) mass is 415 g/mol. The first-order valence-corrected chi connectivity index (χ1v) is 10.4. The summed E-state index contributed by atoms with van der Waals surface area (Å²) in [4.78, 5) is 16.0. The predicted molar refractivity (Wildman–Crippen MR) is 122 cm³/mol. The fourth-order valence-corrected chi connectivity index (χ4v) is 3.61. The molecule has 1 saturated heterocycles. The molecule has 0 bridgehead atoms. The van der Waals surface area contributed by atoms with Gasteiger partial charge < -0.3 is 19.9 Å². The highest BCUT2D eigenvalue weighted by Crippen LogP contribution is 2.28. The minimum atomic E-state index is -0.317. The summed E-state index contributed by atoms with van der Waals surface area (Å²) in [5, 5.41) is 3.23. The van der Waals surface area contributed by atoms with Crippen LogP contribution in [0.15, 0.2) is 42.5 Å². The number of nitrogens with zero attached hydrogens (tertiary/aromatic N) is 2. The Balaban J connectivity index is 0.00000341. The molecule has 5 nitrogen and oxygen atoms in total. The first-order valence-electron chi connectivity index (χ1n) is 10.4. The van der Waals surface area contributed by atoms with Crippen molar-refractivity contribution in [3.63, 3.8) is 0 Å². The highest BCUT2D eigenvalue weighted by Gasteiger charge is 2.24. The molecule has 3 rings (SSSR count). The second kappa shape index (κ2) is 9.04. The van der Waals surface area contributed by atoms with Crippen LogP contribution in [0.5, 0.6) is 5.75 Å². The number of hydrogen-bond donors (Lipinski definition) is 1. The van der Waals surface area contributed by atoms with E-state index in [-0.39, 0.29) is 25.2 Å². The van der Waals surface area contributed by atoms with Crippen molar-refractivity contribution in [1.29, 1.82) is 0 Å². The van der Waals surface area contributed by atoms with Gasteiger partial charge in [-0.15, -0.1) is 0 Å². The van der Waals surface area contributed by atoms with E-state index in [0.29, 0.717) is 23.2 Å². The lowest BCUT2D eigenvalue weighted by Crippen LogP contribution is -2.32. The van der Waals surface area contributed by atoms with E-state index < -0.39 is 0 Å². The lowest BCUT2D eigenvalue weighted by molar-refractivity contribution is -0.120. The van der Waals surface area contributed by atoms with Gasteiger partial charge in [-0.25, -0.2) is 4.39 Å². The first kappa shape index (κ1) is 22.1. The number of nitrogens with one attached hydrogen (secondary N) is 1. The van der Waals surface area contributed by atoms with Crippen molar-refractivity contribution in [1.82, 2.24) is 5.32 Å². The third-order valence-corrected chi connectivity index (χ3v) is 5.71. The Labute approximate surface area is 180 Å². The Bertz CT molecular complexity index is 883. The minimum Gasteiger partial charge on any atom is -0.484 e. The van der Waals surface area contributed by atoms with Crippen molar-refractivity contribution in [3.05, 3.63) is 53.8 Å². The minimum absolute atomic E-state index is 0. The second-order valence-electron chi connectivity index (χ2n) is 8.87. The van der Waals surface area contributed by atoms with Crippen molar-refractivity contribution >= 4 is 17.3 Å². The van der Waals surface area contributed by atoms with E-state index in [4.69, 9.17) is 4.74 Å². The van der Waals surface area contributed by atoms with Crippen LogP contribution in [-0.2, 0) is 10.2 Å². The Morgan fingerprint density at radius 3 is 2.53 bits per heavy atom. The molecule has 164 valence electrons. The van der Waals surface area contributed by atoms with Gasteiger partial charge in [-0.2, -0.15) is 0 Å². The van der Waals surface area contributed by atoms with Crippen molar-refractivity contribution in [2.24, 2.45) is 0 Å². The summed E-state index contributed by atoms with van der Waals surface area (Å²) in [6, 6.07) is 13.1. The molecule has 1 aliphatic heterocycles. The fraction of sp³-hybridized carbons (Fsp3) is 0.458.